The topological polar surface area (TPSA) is 76.2 Å². The predicted octanol–water partition coefficient (Wildman–Crippen LogP) is 1.56. The molecule has 0 amide bonds. The van der Waals surface area contributed by atoms with Crippen LogP contribution in [0.3, 0.4) is 0 Å². The Morgan fingerprint density at radius 1 is 1.71 bits per heavy atom. The number of nitrogens with two attached hydrogens (primary N) is 1. The fraction of sp³-hybridized carbons (Fsp3) is 0.556. The minimum absolute atomic E-state index is 0.0631. The van der Waals surface area contributed by atoms with Crippen LogP contribution in [0.25, 0.3) is 0 Å². The zero-order chi connectivity index (χ0) is 10.3. The zero-order valence-electron chi connectivity index (χ0n) is 7.86. The average molecular weight is 212 g/mol. The number of hydrogen-bond acceptors (Lipinski definition) is 4. The van der Waals surface area contributed by atoms with E-state index in [2.05, 4.69) is 4.98 Å². The van der Waals surface area contributed by atoms with Crippen molar-refractivity contribution in [2.75, 3.05) is 0 Å². The molecule has 1 saturated carbocycles. The quantitative estimate of drug-likeness (QED) is 0.797. The van der Waals surface area contributed by atoms with Gasteiger partial charge >= 0.3 is 5.97 Å². The lowest BCUT2D eigenvalue weighted by Crippen LogP contribution is -2.12. The molecular formula is C9H12N2O2S. The van der Waals surface area contributed by atoms with E-state index < -0.39 is 5.97 Å². The highest BCUT2D eigenvalue weighted by Crippen LogP contribution is 2.40. The number of carboxylic acids is 1. The molecule has 0 saturated heterocycles. The van der Waals surface area contributed by atoms with Gasteiger partial charge in [-0.2, -0.15) is 0 Å². The smallest absolute Gasteiger partial charge is 0.355 e. The molecule has 1 aromatic rings. The highest BCUT2D eigenvalue weighted by atomic mass is 32.1. The van der Waals surface area contributed by atoms with Gasteiger partial charge in [0.2, 0.25) is 0 Å². The Kier molecular flexibility index (Phi) is 2.28. The van der Waals surface area contributed by atoms with Crippen LogP contribution >= 0.6 is 11.3 Å². The van der Waals surface area contributed by atoms with Crippen molar-refractivity contribution >= 4 is 17.3 Å². The van der Waals surface area contributed by atoms with Crippen molar-refractivity contribution in [1.29, 1.82) is 0 Å². The first kappa shape index (κ1) is 9.61. The molecule has 1 aliphatic carbocycles. The number of carboxylic acid groups (broad SMARTS) is 1. The molecule has 4 nitrogen and oxygen atoms in total. The highest BCUT2D eigenvalue weighted by molar-refractivity contribution is 7.11. The molecule has 76 valence electrons. The Morgan fingerprint density at radius 2 is 2.36 bits per heavy atom. The normalized spacial score (nSPS) is 18.1. The van der Waals surface area contributed by atoms with Crippen LogP contribution in [0.4, 0.5) is 0 Å². The third-order valence-electron chi connectivity index (χ3n) is 2.43. The van der Waals surface area contributed by atoms with Crippen LogP contribution in [0.1, 0.15) is 39.3 Å². The summed E-state index contributed by atoms with van der Waals surface area (Å²) in [6.45, 7) is 1.77. The minimum atomic E-state index is -0.965. The number of rotatable bonds is 3. The SMILES string of the molecule is Cc1sc(C(N)C2CC2)nc1C(=O)O. The molecule has 14 heavy (non-hydrogen) atoms. The van der Waals surface area contributed by atoms with E-state index in [1.807, 2.05) is 0 Å². The van der Waals surface area contributed by atoms with Crippen molar-refractivity contribution in [1.82, 2.24) is 4.98 Å². The lowest BCUT2D eigenvalue weighted by molar-refractivity contribution is 0.0690. The molecule has 1 aromatic heterocycles. The maximum Gasteiger partial charge on any atom is 0.355 e. The number of carbonyl (C=O) groups is 1. The number of hydrogen-bond donors (Lipinski definition) is 2. The molecule has 0 aromatic carbocycles. The Morgan fingerprint density at radius 3 is 2.79 bits per heavy atom. The molecule has 1 heterocycles. The van der Waals surface area contributed by atoms with Crippen molar-refractivity contribution < 1.29 is 9.90 Å². The highest BCUT2D eigenvalue weighted by Gasteiger charge is 2.32. The van der Waals surface area contributed by atoms with Crippen LogP contribution in [-0.4, -0.2) is 16.1 Å². The van der Waals surface area contributed by atoms with Crippen molar-refractivity contribution in [3.63, 3.8) is 0 Å². The van der Waals surface area contributed by atoms with Gasteiger partial charge in [-0.25, -0.2) is 9.78 Å². The van der Waals surface area contributed by atoms with Crippen molar-refractivity contribution in [2.24, 2.45) is 11.7 Å². The first-order valence-corrected chi connectivity index (χ1v) is 5.37. The lowest BCUT2D eigenvalue weighted by Gasteiger charge is -2.03. The summed E-state index contributed by atoms with van der Waals surface area (Å²) in [5, 5.41) is 9.58. The minimum Gasteiger partial charge on any atom is -0.476 e. The third-order valence-corrected chi connectivity index (χ3v) is 3.50. The molecule has 1 atom stereocenters. The lowest BCUT2D eigenvalue weighted by atomic mass is 10.2. The summed E-state index contributed by atoms with van der Waals surface area (Å²) in [6, 6.07) is -0.0631. The molecule has 1 fully saturated rings. The van der Waals surface area contributed by atoms with Gasteiger partial charge in [-0.15, -0.1) is 11.3 Å². The Balaban J connectivity index is 2.26. The van der Waals surface area contributed by atoms with E-state index in [-0.39, 0.29) is 11.7 Å². The predicted molar refractivity (Wildman–Crippen MR) is 53.5 cm³/mol. The number of aryl methyl sites for hydroxylation is 1. The second kappa shape index (κ2) is 3.33. The largest absolute Gasteiger partial charge is 0.476 e. The summed E-state index contributed by atoms with van der Waals surface area (Å²) in [4.78, 5) is 15.6. The van der Waals surface area contributed by atoms with E-state index >= 15 is 0 Å². The summed E-state index contributed by atoms with van der Waals surface area (Å²) >= 11 is 1.40. The van der Waals surface area contributed by atoms with Gasteiger partial charge in [-0.05, 0) is 25.7 Å². The van der Waals surface area contributed by atoms with E-state index in [0.717, 1.165) is 22.7 Å². The van der Waals surface area contributed by atoms with Gasteiger partial charge in [0.05, 0.1) is 6.04 Å². The van der Waals surface area contributed by atoms with Crippen LogP contribution in [0.15, 0.2) is 0 Å². The van der Waals surface area contributed by atoms with Crippen molar-refractivity contribution in [3.8, 4) is 0 Å². The first-order valence-electron chi connectivity index (χ1n) is 4.56. The molecule has 3 N–H and O–H groups in total. The number of aromatic carboxylic acids is 1. The molecule has 0 radical (unpaired) electrons. The summed E-state index contributed by atoms with van der Waals surface area (Å²) in [5.41, 5.74) is 6.09. The van der Waals surface area contributed by atoms with Crippen LogP contribution in [0, 0.1) is 12.8 Å². The summed E-state index contributed by atoms with van der Waals surface area (Å²) in [6.07, 6.45) is 2.28. The Hall–Kier alpha value is -0.940. The summed E-state index contributed by atoms with van der Waals surface area (Å²) in [7, 11) is 0. The van der Waals surface area contributed by atoms with Gasteiger partial charge in [-0.3, -0.25) is 0 Å². The maximum absolute atomic E-state index is 10.7. The van der Waals surface area contributed by atoms with E-state index in [4.69, 9.17) is 10.8 Å². The maximum atomic E-state index is 10.7. The second-order valence-corrected chi connectivity index (χ2v) is 4.86. The van der Waals surface area contributed by atoms with Crippen LogP contribution < -0.4 is 5.73 Å². The summed E-state index contributed by atoms with van der Waals surface area (Å²) < 4.78 is 0. The van der Waals surface area contributed by atoms with Gasteiger partial charge < -0.3 is 10.8 Å². The molecule has 0 spiro atoms. The van der Waals surface area contributed by atoms with Gasteiger partial charge in [0.1, 0.15) is 5.01 Å². The monoisotopic (exact) mass is 212 g/mol. The summed E-state index contributed by atoms with van der Waals surface area (Å²) in [5.74, 6) is -0.449. The molecular weight excluding hydrogens is 200 g/mol. The van der Waals surface area contributed by atoms with Gasteiger partial charge in [0.25, 0.3) is 0 Å². The van der Waals surface area contributed by atoms with E-state index in [9.17, 15) is 4.79 Å². The van der Waals surface area contributed by atoms with E-state index in [1.54, 1.807) is 6.92 Å². The van der Waals surface area contributed by atoms with E-state index in [0.29, 0.717) is 5.92 Å². The molecule has 1 unspecified atom stereocenters. The van der Waals surface area contributed by atoms with Gasteiger partial charge in [0, 0.05) is 4.88 Å². The van der Waals surface area contributed by atoms with Crippen LogP contribution in [0.5, 0.6) is 0 Å². The third kappa shape index (κ3) is 1.65. The molecule has 0 bridgehead atoms. The Labute approximate surface area is 85.8 Å². The fourth-order valence-electron chi connectivity index (χ4n) is 1.41. The molecule has 1 aliphatic rings. The van der Waals surface area contributed by atoms with E-state index in [1.165, 1.54) is 11.3 Å². The first-order chi connectivity index (χ1) is 6.59. The number of nitrogens with zero attached hydrogens (tertiary/aromatic N) is 1. The van der Waals surface area contributed by atoms with Crippen molar-refractivity contribution in [2.45, 2.75) is 25.8 Å². The Bertz CT molecular complexity index is 371. The second-order valence-electron chi connectivity index (χ2n) is 3.63. The number of aromatic nitrogens is 1. The van der Waals surface area contributed by atoms with Gasteiger partial charge in [0.15, 0.2) is 5.69 Å². The molecule has 2 rings (SSSR count). The molecule has 5 heteroatoms. The zero-order valence-corrected chi connectivity index (χ0v) is 8.67. The van der Waals surface area contributed by atoms with Gasteiger partial charge in [-0.1, -0.05) is 0 Å². The fourth-order valence-corrected chi connectivity index (χ4v) is 2.42. The number of thiazole rings is 1. The van der Waals surface area contributed by atoms with Crippen LogP contribution in [0.2, 0.25) is 0 Å². The molecule has 0 aliphatic heterocycles. The standard InChI is InChI=1S/C9H12N2O2S/c1-4-7(9(12)13)11-8(14-4)6(10)5-2-3-5/h5-6H,2-3,10H2,1H3,(H,12,13). The van der Waals surface area contributed by atoms with Crippen LogP contribution in [-0.2, 0) is 0 Å². The average Bonchev–Trinajstić information content (AvgIpc) is 2.88. The van der Waals surface area contributed by atoms with Crippen molar-refractivity contribution in [3.05, 3.63) is 15.6 Å².